The maximum absolute atomic E-state index is 13.6. The number of ketones is 1. The normalized spacial score (nSPS) is 15.8. The monoisotopic (exact) mass is 707 g/mol. The van der Waals surface area contributed by atoms with Crippen LogP contribution in [-0.2, 0) is 21.9 Å². The zero-order chi connectivity index (χ0) is 32.4. The first kappa shape index (κ1) is 32.1. The molecular formula is C34H24Cl3N3O4S2. The summed E-state index contributed by atoms with van der Waals surface area (Å²) in [6.07, 6.45) is 0. The minimum absolute atomic E-state index is 0.0851. The van der Waals surface area contributed by atoms with Gasteiger partial charge in [-0.2, -0.15) is 0 Å². The summed E-state index contributed by atoms with van der Waals surface area (Å²) in [6, 6.07) is 25.8. The van der Waals surface area contributed by atoms with Crippen molar-refractivity contribution < 1.29 is 19.4 Å². The van der Waals surface area contributed by atoms with Crippen molar-refractivity contribution >= 4 is 80.5 Å². The Balaban J connectivity index is 1.29. The van der Waals surface area contributed by atoms with Crippen molar-refractivity contribution in [3.05, 3.63) is 139 Å². The smallest absolute Gasteiger partial charge is 0.301 e. The van der Waals surface area contributed by atoms with E-state index >= 15 is 0 Å². The fourth-order valence-corrected chi connectivity index (χ4v) is 7.62. The van der Waals surface area contributed by atoms with Crippen LogP contribution in [0, 0.1) is 6.92 Å². The Morgan fingerprint density at radius 2 is 1.70 bits per heavy atom. The van der Waals surface area contributed by atoms with Crippen molar-refractivity contribution in [2.45, 2.75) is 29.7 Å². The van der Waals surface area contributed by atoms with Crippen LogP contribution in [0.3, 0.4) is 0 Å². The number of aliphatic hydroxyl groups excluding tert-OH is 1. The quantitative estimate of drug-likeness (QED) is 0.0537. The summed E-state index contributed by atoms with van der Waals surface area (Å²) in [5, 5.41) is 21.7. The van der Waals surface area contributed by atoms with Gasteiger partial charge in [-0.3, -0.25) is 14.5 Å². The van der Waals surface area contributed by atoms with Crippen LogP contribution < -0.4 is 9.64 Å². The summed E-state index contributed by atoms with van der Waals surface area (Å²) in [6.45, 7) is 2.39. The third-order valence-corrected chi connectivity index (χ3v) is 10.1. The van der Waals surface area contributed by atoms with Crippen molar-refractivity contribution in [3.8, 4) is 5.75 Å². The SMILES string of the molecule is Cc1cccc(COc2ccc(C(O)=C3C(=O)C(=O)N(c4nnc(SCc5ccc(Cl)cc5Cl)s4)C3c3cccc(Cl)c3)cc2)c1. The molecule has 1 atom stereocenters. The fourth-order valence-electron chi connectivity index (χ4n) is 4.99. The Morgan fingerprint density at radius 3 is 2.43 bits per heavy atom. The zero-order valence-electron chi connectivity index (χ0n) is 24.1. The van der Waals surface area contributed by atoms with E-state index in [1.807, 2.05) is 37.3 Å². The number of benzene rings is 4. The number of aliphatic hydroxyl groups is 1. The Morgan fingerprint density at radius 1 is 0.935 bits per heavy atom. The lowest BCUT2D eigenvalue weighted by atomic mass is 9.95. The highest BCUT2D eigenvalue weighted by Crippen LogP contribution is 2.44. The zero-order valence-corrected chi connectivity index (χ0v) is 28.0. The van der Waals surface area contributed by atoms with E-state index in [2.05, 4.69) is 10.2 Å². The predicted molar refractivity (Wildman–Crippen MR) is 184 cm³/mol. The fraction of sp³-hybridized carbons (Fsp3) is 0.118. The van der Waals surface area contributed by atoms with Crippen molar-refractivity contribution in [1.82, 2.24) is 10.2 Å². The Bertz CT molecular complexity index is 1980. The van der Waals surface area contributed by atoms with Crippen LogP contribution in [0.4, 0.5) is 5.13 Å². The molecule has 1 amide bonds. The molecule has 4 aromatic carbocycles. The Labute approximate surface area is 288 Å². The molecule has 0 radical (unpaired) electrons. The van der Waals surface area contributed by atoms with Gasteiger partial charge in [0.2, 0.25) is 5.13 Å². The summed E-state index contributed by atoms with van der Waals surface area (Å²) < 4.78 is 6.48. The van der Waals surface area contributed by atoms with Gasteiger partial charge in [0.15, 0.2) is 4.34 Å². The second kappa shape index (κ2) is 13.9. The molecule has 1 saturated heterocycles. The highest BCUT2D eigenvalue weighted by Gasteiger charge is 2.48. The summed E-state index contributed by atoms with van der Waals surface area (Å²) in [4.78, 5) is 28.4. The Hall–Kier alpha value is -3.86. The lowest BCUT2D eigenvalue weighted by molar-refractivity contribution is -0.132. The van der Waals surface area contributed by atoms with Gasteiger partial charge in [-0.25, -0.2) is 0 Å². The molecule has 7 nitrogen and oxygen atoms in total. The van der Waals surface area contributed by atoms with Crippen LogP contribution in [0.2, 0.25) is 15.1 Å². The van der Waals surface area contributed by atoms with E-state index in [4.69, 9.17) is 39.5 Å². The third kappa shape index (κ3) is 6.94. The first-order chi connectivity index (χ1) is 22.2. The van der Waals surface area contributed by atoms with Gasteiger partial charge in [-0.1, -0.05) is 106 Å². The standard InChI is InChI=1S/C34H24Cl3N3O4S2/c1-19-4-2-5-20(14-19)17-44-26-12-9-21(10-13-26)30(41)28-29(22-6-3-7-24(35)15-22)40(32(43)31(28)42)33-38-39-34(46-33)45-18-23-8-11-25(36)16-27(23)37/h2-16,29,41H,17-18H2,1H3. The average molecular weight is 709 g/mol. The number of Topliss-reactive ketones (excluding diaryl/α,β-unsaturated/α-hetero) is 1. The van der Waals surface area contributed by atoms with Crippen molar-refractivity contribution in [3.63, 3.8) is 0 Å². The number of carbonyl (C=O) groups is 2. The van der Waals surface area contributed by atoms with Gasteiger partial charge >= 0.3 is 5.91 Å². The van der Waals surface area contributed by atoms with Crippen LogP contribution >= 0.6 is 57.9 Å². The molecule has 1 aromatic heterocycles. The number of aryl methyl sites for hydroxylation is 1. The molecule has 6 rings (SSSR count). The van der Waals surface area contributed by atoms with Crippen LogP contribution in [0.15, 0.2) is 101 Å². The van der Waals surface area contributed by atoms with E-state index in [0.717, 1.165) is 28.0 Å². The molecule has 12 heteroatoms. The van der Waals surface area contributed by atoms with Crippen molar-refractivity contribution in [2.24, 2.45) is 0 Å². The number of ether oxygens (including phenoxy) is 1. The predicted octanol–water partition coefficient (Wildman–Crippen LogP) is 9.30. The summed E-state index contributed by atoms with van der Waals surface area (Å²) in [5.41, 5.74) is 3.82. The molecule has 1 aliphatic rings. The molecule has 232 valence electrons. The van der Waals surface area contributed by atoms with E-state index in [-0.39, 0.29) is 16.5 Å². The van der Waals surface area contributed by atoms with E-state index in [9.17, 15) is 14.7 Å². The molecular weight excluding hydrogens is 685 g/mol. The minimum atomic E-state index is -0.993. The number of aromatic nitrogens is 2. The van der Waals surface area contributed by atoms with E-state index < -0.39 is 17.7 Å². The number of anilines is 1. The maximum Gasteiger partial charge on any atom is 0.301 e. The summed E-state index contributed by atoms with van der Waals surface area (Å²) in [5.74, 6) is -0.930. The Kier molecular flexibility index (Phi) is 9.67. The second-order valence-electron chi connectivity index (χ2n) is 10.4. The number of nitrogens with zero attached hydrogens (tertiary/aromatic N) is 3. The second-order valence-corrected chi connectivity index (χ2v) is 13.9. The summed E-state index contributed by atoms with van der Waals surface area (Å²) >= 11 is 21.2. The number of rotatable bonds is 9. The molecule has 1 fully saturated rings. The number of halogens is 3. The van der Waals surface area contributed by atoms with Gasteiger partial charge in [0.1, 0.15) is 18.1 Å². The highest BCUT2D eigenvalue weighted by molar-refractivity contribution is 8.00. The highest BCUT2D eigenvalue weighted by atomic mass is 35.5. The van der Waals surface area contributed by atoms with Gasteiger partial charge < -0.3 is 9.84 Å². The van der Waals surface area contributed by atoms with E-state index in [1.54, 1.807) is 60.7 Å². The van der Waals surface area contributed by atoms with Crippen LogP contribution in [0.1, 0.15) is 33.9 Å². The van der Waals surface area contributed by atoms with Crippen LogP contribution in [0.25, 0.3) is 5.76 Å². The molecule has 0 aliphatic carbocycles. The number of hydrogen-bond acceptors (Lipinski definition) is 8. The molecule has 1 N–H and O–H groups in total. The molecule has 2 heterocycles. The number of amides is 1. The van der Waals surface area contributed by atoms with Crippen LogP contribution in [0.5, 0.6) is 5.75 Å². The lowest BCUT2D eigenvalue weighted by Crippen LogP contribution is -2.29. The van der Waals surface area contributed by atoms with Crippen molar-refractivity contribution in [1.29, 1.82) is 0 Å². The maximum atomic E-state index is 13.6. The van der Waals surface area contributed by atoms with Gasteiger partial charge in [0.25, 0.3) is 5.78 Å². The molecule has 5 aromatic rings. The van der Waals surface area contributed by atoms with Crippen molar-refractivity contribution in [2.75, 3.05) is 4.90 Å². The number of carbonyl (C=O) groups excluding carboxylic acids is 2. The number of thioether (sulfide) groups is 1. The summed E-state index contributed by atoms with van der Waals surface area (Å²) in [7, 11) is 0. The van der Waals surface area contributed by atoms with Crippen LogP contribution in [-0.4, -0.2) is 27.0 Å². The molecule has 46 heavy (non-hydrogen) atoms. The number of hydrogen-bond donors (Lipinski definition) is 1. The molecule has 0 bridgehead atoms. The minimum Gasteiger partial charge on any atom is -0.507 e. The molecule has 1 unspecified atom stereocenters. The van der Waals surface area contributed by atoms with E-state index in [1.165, 1.54) is 16.7 Å². The molecule has 0 saturated carbocycles. The van der Waals surface area contributed by atoms with Gasteiger partial charge in [-0.15, -0.1) is 10.2 Å². The topological polar surface area (TPSA) is 92.6 Å². The van der Waals surface area contributed by atoms with Gasteiger partial charge in [-0.05, 0) is 72.1 Å². The lowest BCUT2D eigenvalue weighted by Gasteiger charge is -2.22. The largest absolute Gasteiger partial charge is 0.507 e. The third-order valence-electron chi connectivity index (χ3n) is 7.19. The average Bonchev–Trinajstić information content (AvgIpc) is 3.61. The van der Waals surface area contributed by atoms with E-state index in [0.29, 0.717) is 48.6 Å². The molecule has 0 spiro atoms. The van der Waals surface area contributed by atoms with Gasteiger partial charge in [0.05, 0.1) is 11.6 Å². The first-order valence-electron chi connectivity index (χ1n) is 13.9. The first-order valence-corrected chi connectivity index (χ1v) is 16.9. The van der Waals surface area contributed by atoms with Gasteiger partial charge in [0, 0.05) is 26.4 Å². The molecule has 1 aliphatic heterocycles.